The number of nitrogens with zero attached hydrogens (tertiary/aromatic N) is 1. The maximum atomic E-state index is 9.83. The maximum absolute atomic E-state index is 9.83. The van der Waals surface area contributed by atoms with E-state index in [1.165, 1.54) is 19.3 Å². The van der Waals surface area contributed by atoms with Gasteiger partial charge in [0.2, 0.25) is 0 Å². The number of rotatable bonds is 5. The molecule has 0 aromatic carbocycles. The highest BCUT2D eigenvalue weighted by Crippen LogP contribution is 2.11. The van der Waals surface area contributed by atoms with Crippen molar-refractivity contribution >= 4 is 0 Å². The smallest absolute Gasteiger partial charge is 0.122 e. The summed E-state index contributed by atoms with van der Waals surface area (Å²) in [7, 11) is 0. The minimum absolute atomic E-state index is 0.313. The van der Waals surface area contributed by atoms with Gasteiger partial charge < -0.3 is 14.7 Å². The number of aliphatic hydroxyl groups is 1. The average molecular weight is 225 g/mol. The predicted molar refractivity (Wildman–Crippen MR) is 65.2 cm³/mol. The molecule has 1 atom stereocenters. The second-order valence-electron chi connectivity index (χ2n) is 4.98. The van der Waals surface area contributed by atoms with Crippen LogP contribution >= 0.6 is 0 Å². The van der Waals surface area contributed by atoms with Crippen molar-refractivity contribution in [1.29, 1.82) is 0 Å². The summed E-state index contributed by atoms with van der Waals surface area (Å²) in [5, 5.41) is 9.83. The number of likely N-dealkylation sites (tertiary alicyclic amines) is 1. The van der Waals surface area contributed by atoms with Crippen LogP contribution in [0.1, 0.15) is 33.1 Å². The summed E-state index contributed by atoms with van der Waals surface area (Å²) >= 11 is 0. The Labute approximate surface area is 98.8 Å². The molecule has 1 fully saturated rings. The Morgan fingerprint density at radius 1 is 1.38 bits per heavy atom. The van der Waals surface area contributed by atoms with E-state index in [1.807, 2.05) is 13.8 Å². The molecule has 0 unspecified atom stereocenters. The fourth-order valence-corrected chi connectivity index (χ4v) is 1.84. The van der Waals surface area contributed by atoms with E-state index in [9.17, 15) is 5.11 Å². The third-order valence-corrected chi connectivity index (χ3v) is 2.90. The third-order valence-electron chi connectivity index (χ3n) is 2.90. The van der Waals surface area contributed by atoms with Crippen molar-refractivity contribution in [2.45, 2.75) is 44.8 Å². The van der Waals surface area contributed by atoms with Crippen molar-refractivity contribution in [3.8, 4) is 12.3 Å². The number of hydrogen-bond acceptors (Lipinski definition) is 3. The summed E-state index contributed by atoms with van der Waals surface area (Å²) in [6, 6.07) is 0. The number of piperidine rings is 1. The van der Waals surface area contributed by atoms with E-state index in [0.717, 1.165) is 13.1 Å². The summed E-state index contributed by atoms with van der Waals surface area (Å²) in [6.07, 6.45) is 8.66. The number of hydrogen-bond donors (Lipinski definition) is 1. The first-order valence-electron chi connectivity index (χ1n) is 6.05. The Morgan fingerprint density at radius 3 is 2.56 bits per heavy atom. The van der Waals surface area contributed by atoms with Crippen LogP contribution in [0.5, 0.6) is 0 Å². The van der Waals surface area contributed by atoms with Crippen LogP contribution in [0.3, 0.4) is 0 Å². The lowest BCUT2D eigenvalue weighted by molar-refractivity contribution is -0.0386. The first kappa shape index (κ1) is 13.5. The summed E-state index contributed by atoms with van der Waals surface area (Å²) < 4.78 is 5.47. The lowest BCUT2D eigenvalue weighted by atomic mass is 10.1. The van der Waals surface area contributed by atoms with Gasteiger partial charge in [-0.1, -0.05) is 12.3 Å². The highest BCUT2D eigenvalue weighted by atomic mass is 16.5. The number of terminal acetylenes is 1. The zero-order valence-electron chi connectivity index (χ0n) is 10.4. The van der Waals surface area contributed by atoms with Gasteiger partial charge in [0.15, 0.2) is 0 Å². The highest BCUT2D eigenvalue weighted by Gasteiger charge is 2.19. The Balaban J connectivity index is 2.20. The molecule has 3 heteroatoms. The second-order valence-corrected chi connectivity index (χ2v) is 4.98. The van der Waals surface area contributed by atoms with Crippen molar-refractivity contribution in [3.05, 3.63) is 0 Å². The minimum Gasteiger partial charge on any atom is -0.389 e. The van der Waals surface area contributed by atoms with E-state index in [1.54, 1.807) is 0 Å². The number of ether oxygens (including phenoxy) is 1. The molecule has 92 valence electrons. The van der Waals surface area contributed by atoms with Crippen molar-refractivity contribution in [3.63, 3.8) is 0 Å². The average Bonchev–Trinajstić information content (AvgIpc) is 2.28. The van der Waals surface area contributed by atoms with Crippen molar-refractivity contribution in [1.82, 2.24) is 4.90 Å². The van der Waals surface area contributed by atoms with E-state index in [0.29, 0.717) is 13.2 Å². The molecule has 1 saturated heterocycles. The van der Waals surface area contributed by atoms with Gasteiger partial charge in [-0.05, 0) is 39.8 Å². The molecule has 1 aliphatic heterocycles. The van der Waals surface area contributed by atoms with Crippen LogP contribution in [0.4, 0.5) is 0 Å². The molecule has 0 aromatic rings. The summed E-state index contributed by atoms with van der Waals surface area (Å²) in [5.74, 6) is 2.55. The molecule has 0 radical (unpaired) electrons. The Kier molecular flexibility index (Phi) is 5.27. The molecule has 0 bridgehead atoms. The van der Waals surface area contributed by atoms with Gasteiger partial charge in [-0.25, -0.2) is 0 Å². The van der Waals surface area contributed by atoms with E-state index >= 15 is 0 Å². The van der Waals surface area contributed by atoms with Gasteiger partial charge in [-0.15, -0.1) is 6.42 Å². The van der Waals surface area contributed by atoms with Gasteiger partial charge in [-0.2, -0.15) is 0 Å². The SMILES string of the molecule is C#CC(C)(C)OC[C@@H](O)CN1CCCCC1. The first-order valence-corrected chi connectivity index (χ1v) is 6.05. The maximum Gasteiger partial charge on any atom is 0.122 e. The number of β-amino-alcohol motifs (C(OH)–C–C–N with tert-alkyl or cyclic N) is 1. The van der Waals surface area contributed by atoms with Crippen LogP contribution in [-0.2, 0) is 4.74 Å². The number of aliphatic hydroxyl groups excluding tert-OH is 1. The van der Waals surface area contributed by atoms with Crippen molar-refractivity contribution in [2.75, 3.05) is 26.2 Å². The Bertz CT molecular complexity index is 239. The van der Waals surface area contributed by atoms with E-state index in [2.05, 4.69) is 10.8 Å². The Morgan fingerprint density at radius 2 is 2.00 bits per heavy atom. The van der Waals surface area contributed by atoms with Crippen molar-refractivity contribution < 1.29 is 9.84 Å². The second kappa shape index (κ2) is 6.24. The van der Waals surface area contributed by atoms with Gasteiger partial charge in [0.1, 0.15) is 5.60 Å². The molecule has 16 heavy (non-hydrogen) atoms. The standard InChI is InChI=1S/C13H23NO2/c1-4-13(2,3)16-11-12(15)10-14-8-6-5-7-9-14/h1,12,15H,5-11H2,2-3H3/t12-/m0/s1. The molecule has 1 heterocycles. The van der Waals surface area contributed by atoms with Gasteiger partial charge >= 0.3 is 0 Å². The molecule has 3 nitrogen and oxygen atoms in total. The van der Waals surface area contributed by atoms with E-state index in [-0.39, 0.29) is 0 Å². The monoisotopic (exact) mass is 225 g/mol. The summed E-state index contributed by atoms with van der Waals surface area (Å²) in [5.41, 5.74) is -0.580. The van der Waals surface area contributed by atoms with Gasteiger partial charge in [0, 0.05) is 6.54 Å². The molecule has 0 amide bonds. The topological polar surface area (TPSA) is 32.7 Å². The molecule has 1 rings (SSSR count). The minimum atomic E-state index is -0.580. The quantitative estimate of drug-likeness (QED) is 0.715. The molecule has 0 spiro atoms. The van der Waals surface area contributed by atoms with Crippen LogP contribution in [0.15, 0.2) is 0 Å². The van der Waals surface area contributed by atoms with Gasteiger partial charge in [0.25, 0.3) is 0 Å². The fraction of sp³-hybridized carbons (Fsp3) is 0.846. The van der Waals surface area contributed by atoms with Crippen LogP contribution in [0, 0.1) is 12.3 Å². The van der Waals surface area contributed by atoms with Crippen LogP contribution in [0.25, 0.3) is 0 Å². The van der Waals surface area contributed by atoms with Gasteiger partial charge in [-0.3, -0.25) is 0 Å². The van der Waals surface area contributed by atoms with Crippen molar-refractivity contribution in [2.24, 2.45) is 0 Å². The molecule has 0 aliphatic carbocycles. The molecule has 0 saturated carbocycles. The zero-order chi connectivity index (χ0) is 12.0. The van der Waals surface area contributed by atoms with Crippen LogP contribution < -0.4 is 0 Å². The van der Waals surface area contributed by atoms with Crippen LogP contribution in [-0.4, -0.2) is 48.0 Å². The highest BCUT2D eigenvalue weighted by molar-refractivity contribution is 5.02. The lowest BCUT2D eigenvalue weighted by Gasteiger charge is -2.29. The van der Waals surface area contributed by atoms with E-state index in [4.69, 9.17) is 11.2 Å². The van der Waals surface area contributed by atoms with Crippen LogP contribution in [0.2, 0.25) is 0 Å². The van der Waals surface area contributed by atoms with Gasteiger partial charge in [0.05, 0.1) is 12.7 Å². The van der Waals surface area contributed by atoms with E-state index < -0.39 is 11.7 Å². The summed E-state index contributed by atoms with van der Waals surface area (Å²) in [6.45, 7) is 6.86. The zero-order valence-corrected chi connectivity index (χ0v) is 10.4. The first-order chi connectivity index (χ1) is 7.53. The molecule has 0 aromatic heterocycles. The summed E-state index contributed by atoms with van der Waals surface area (Å²) in [4.78, 5) is 2.29. The molecule has 1 N–H and O–H groups in total. The third kappa shape index (κ3) is 4.98. The molecular weight excluding hydrogens is 202 g/mol. The predicted octanol–water partition coefficient (Wildman–Crippen LogP) is 1.26. The fourth-order valence-electron chi connectivity index (χ4n) is 1.84. The Hall–Kier alpha value is -0.560. The molecular formula is C13H23NO2. The lowest BCUT2D eigenvalue weighted by Crippen LogP contribution is -2.39. The molecule has 1 aliphatic rings. The normalized spacial score (nSPS) is 20.4. The largest absolute Gasteiger partial charge is 0.389 e.